The largest absolute Gasteiger partial charge is 0.471 e. The van der Waals surface area contributed by atoms with Gasteiger partial charge in [0.15, 0.2) is 5.82 Å². The number of aromatic nitrogens is 3. The third kappa shape index (κ3) is 4.28. The lowest BCUT2D eigenvalue weighted by Gasteiger charge is -2.19. The first-order valence-corrected chi connectivity index (χ1v) is 10.7. The number of amides is 3. The van der Waals surface area contributed by atoms with Crippen molar-refractivity contribution >= 4 is 23.8 Å². The molecule has 11 heteroatoms. The monoisotopic (exact) mass is 468 g/mol. The molecule has 0 aliphatic carbocycles. The number of benzene rings is 1. The van der Waals surface area contributed by atoms with Crippen LogP contribution in [0.2, 0.25) is 0 Å². The van der Waals surface area contributed by atoms with Crippen LogP contribution in [-0.4, -0.2) is 63.0 Å². The molecule has 1 fully saturated rings. The zero-order valence-electron chi connectivity index (χ0n) is 19.3. The number of carbonyl (C=O) groups excluding carboxylic acids is 3. The molecule has 10 nitrogen and oxygen atoms in total. The molecule has 178 valence electrons. The third-order valence-corrected chi connectivity index (χ3v) is 5.85. The molecule has 3 heterocycles. The fraction of sp³-hybridized carbons (Fsp3) is 0.348. The molecule has 2 unspecified atom stereocenters. The van der Waals surface area contributed by atoms with Gasteiger partial charge in [-0.15, -0.1) is 5.10 Å². The van der Waals surface area contributed by atoms with Crippen molar-refractivity contribution in [3.63, 3.8) is 0 Å². The van der Waals surface area contributed by atoms with Crippen molar-refractivity contribution in [3.8, 4) is 0 Å². The molecular formula is C23H25FN6O4. The van der Waals surface area contributed by atoms with E-state index in [4.69, 9.17) is 4.42 Å². The van der Waals surface area contributed by atoms with Crippen LogP contribution >= 0.6 is 0 Å². The van der Waals surface area contributed by atoms with E-state index >= 15 is 0 Å². The lowest BCUT2D eigenvalue weighted by molar-refractivity contribution is -0.128. The molecule has 1 aliphatic heterocycles. The first-order valence-electron chi connectivity index (χ1n) is 10.7. The number of likely N-dealkylation sites (tertiary alicyclic amines) is 1. The van der Waals surface area contributed by atoms with E-state index in [1.807, 2.05) is 0 Å². The Bertz CT molecular complexity index is 1230. The van der Waals surface area contributed by atoms with E-state index in [1.54, 1.807) is 40.1 Å². The van der Waals surface area contributed by atoms with Gasteiger partial charge in [0.2, 0.25) is 11.9 Å². The zero-order valence-corrected chi connectivity index (χ0v) is 19.3. The van der Waals surface area contributed by atoms with Crippen molar-refractivity contribution in [2.24, 2.45) is 5.92 Å². The maximum atomic E-state index is 13.2. The van der Waals surface area contributed by atoms with Crippen LogP contribution in [0.5, 0.6) is 0 Å². The second-order valence-electron chi connectivity index (χ2n) is 8.48. The van der Waals surface area contributed by atoms with Gasteiger partial charge in [0, 0.05) is 38.7 Å². The number of hydrogen-bond donors (Lipinski definition) is 1. The molecule has 0 saturated carbocycles. The van der Waals surface area contributed by atoms with Crippen molar-refractivity contribution in [3.05, 3.63) is 65.1 Å². The molecule has 0 radical (unpaired) electrons. The molecule has 3 aromatic rings. The third-order valence-electron chi connectivity index (χ3n) is 5.85. The second kappa shape index (κ2) is 9.08. The highest BCUT2D eigenvalue weighted by Gasteiger charge is 2.44. The molecule has 3 amide bonds. The average Bonchev–Trinajstić information content (AvgIpc) is 3.50. The summed E-state index contributed by atoms with van der Waals surface area (Å²) in [4.78, 5) is 45.4. The topological polar surface area (TPSA) is 114 Å². The van der Waals surface area contributed by atoms with Crippen LogP contribution < -0.4 is 5.32 Å². The van der Waals surface area contributed by atoms with Gasteiger partial charge in [-0.2, -0.15) is 9.67 Å². The van der Waals surface area contributed by atoms with Crippen LogP contribution in [0.3, 0.4) is 0 Å². The average molecular weight is 468 g/mol. The quantitative estimate of drug-likeness (QED) is 0.613. The van der Waals surface area contributed by atoms with Crippen molar-refractivity contribution in [2.45, 2.75) is 26.3 Å². The maximum absolute atomic E-state index is 13.2. The van der Waals surface area contributed by atoms with Gasteiger partial charge in [-0.1, -0.05) is 19.1 Å². The fourth-order valence-electron chi connectivity index (χ4n) is 3.80. The number of halogens is 1. The van der Waals surface area contributed by atoms with Gasteiger partial charge >= 0.3 is 6.03 Å². The van der Waals surface area contributed by atoms with Gasteiger partial charge in [-0.25, -0.2) is 9.18 Å². The number of urea groups is 1. The van der Waals surface area contributed by atoms with Crippen LogP contribution in [0.4, 0.5) is 15.1 Å². The minimum absolute atomic E-state index is 0.108. The van der Waals surface area contributed by atoms with Crippen LogP contribution in [0, 0.1) is 18.7 Å². The summed E-state index contributed by atoms with van der Waals surface area (Å²) in [6, 6.07) is 5.51. The number of nitrogens with zero attached hydrogens (tertiary/aromatic N) is 5. The Hall–Kier alpha value is -4.02. The molecule has 1 N–H and O–H groups in total. The van der Waals surface area contributed by atoms with Gasteiger partial charge in [0.25, 0.3) is 5.91 Å². The Balaban J connectivity index is 1.66. The lowest BCUT2D eigenvalue weighted by atomic mass is 9.97. The summed E-state index contributed by atoms with van der Waals surface area (Å²) >= 11 is 0. The molecule has 1 aliphatic rings. The molecule has 4 rings (SSSR count). The molecule has 0 spiro atoms. The van der Waals surface area contributed by atoms with E-state index in [0.717, 1.165) is 10.2 Å². The number of furan rings is 1. The highest BCUT2D eigenvalue weighted by molar-refractivity contribution is 5.98. The molecule has 1 saturated heterocycles. The number of imide groups is 1. The normalized spacial score (nSPS) is 17.8. The van der Waals surface area contributed by atoms with Crippen LogP contribution in [0.15, 0.2) is 41.2 Å². The van der Waals surface area contributed by atoms with Crippen molar-refractivity contribution in [1.82, 2.24) is 24.6 Å². The molecule has 0 bridgehead atoms. The van der Waals surface area contributed by atoms with Crippen LogP contribution in [-0.2, 0) is 11.3 Å². The fourth-order valence-corrected chi connectivity index (χ4v) is 3.80. The summed E-state index contributed by atoms with van der Waals surface area (Å²) in [7, 11) is 3.15. The summed E-state index contributed by atoms with van der Waals surface area (Å²) in [5.41, 5.74) is 1.73. The summed E-state index contributed by atoms with van der Waals surface area (Å²) in [5, 5.41) is 7.50. The molecule has 2 aromatic heterocycles. The van der Waals surface area contributed by atoms with Gasteiger partial charge in [0.1, 0.15) is 12.1 Å². The van der Waals surface area contributed by atoms with E-state index in [0.29, 0.717) is 11.1 Å². The first kappa shape index (κ1) is 23.1. The predicted octanol–water partition coefficient (Wildman–Crippen LogP) is 2.86. The minimum atomic E-state index is -0.546. The highest BCUT2D eigenvalue weighted by Crippen LogP contribution is 2.33. The lowest BCUT2D eigenvalue weighted by Crippen LogP contribution is -2.40. The van der Waals surface area contributed by atoms with Gasteiger partial charge < -0.3 is 14.6 Å². The number of aryl methyl sites for hydroxylation is 1. The molecule has 1 aromatic carbocycles. The summed E-state index contributed by atoms with van der Waals surface area (Å²) in [6.45, 7) is 3.82. The molecule has 2 atom stereocenters. The number of nitrogens with one attached hydrogen (secondary N) is 1. The number of rotatable bonds is 5. The van der Waals surface area contributed by atoms with E-state index in [-0.39, 0.29) is 36.6 Å². The van der Waals surface area contributed by atoms with Gasteiger partial charge in [0.05, 0.1) is 17.7 Å². The maximum Gasteiger partial charge on any atom is 0.326 e. The Kier molecular flexibility index (Phi) is 6.18. The van der Waals surface area contributed by atoms with Gasteiger partial charge in [-0.3, -0.25) is 14.5 Å². The summed E-state index contributed by atoms with van der Waals surface area (Å²) in [5.74, 6) is -1.72. The van der Waals surface area contributed by atoms with Crippen molar-refractivity contribution in [2.75, 3.05) is 26.0 Å². The second-order valence-corrected chi connectivity index (χ2v) is 8.48. The molecular weight excluding hydrogens is 443 g/mol. The number of anilines is 1. The number of hydrogen-bond acceptors (Lipinski definition) is 7. The van der Waals surface area contributed by atoms with E-state index in [1.165, 1.54) is 34.5 Å². The first-order chi connectivity index (χ1) is 16.2. The van der Waals surface area contributed by atoms with Crippen molar-refractivity contribution in [1.29, 1.82) is 0 Å². The smallest absolute Gasteiger partial charge is 0.326 e. The van der Waals surface area contributed by atoms with E-state index in [2.05, 4.69) is 15.4 Å². The van der Waals surface area contributed by atoms with Crippen molar-refractivity contribution < 1.29 is 23.2 Å². The molecule has 34 heavy (non-hydrogen) atoms. The Labute approximate surface area is 195 Å². The highest BCUT2D eigenvalue weighted by atomic mass is 19.1. The van der Waals surface area contributed by atoms with Crippen LogP contribution in [0.1, 0.15) is 40.2 Å². The Morgan fingerprint density at radius 3 is 2.56 bits per heavy atom. The van der Waals surface area contributed by atoms with Crippen LogP contribution in [0.25, 0.3) is 0 Å². The van der Waals surface area contributed by atoms with Gasteiger partial charge in [-0.05, 0) is 24.6 Å². The Morgan fingerprint density at radius 1 is 1.24 bits per heavy atom. The predicted molar refractivity (Wildman–Crippen MR) is 120 cm³/mol. The zero-order chi connectivity index (χ0) is 24.6. The van der Waals surface area contributed by atoms with E-state index in [9.17, 15) is 18.8 Å². The van der Waals surface area contributed by atoms with E-state index < -0.39 is 23.8 Å². The number of carbonyl (C=O) groups is 3. The summed E-state index contributed by atoms with van der Waals surface area (Å²) in [6.07, 6.45) is 2.79. The SMILES string of the molecule is Cc1cocc1C(=O)n1nc(C2CN(C(=O)N(C)C)C(=O)C2C)nc1NCc1ccc(F)cc1. The minimum Gasteiger partial charge on any atom is -0.471 e. The standard InChI is InChI=1S/C23H25FN6O4/c1-13-11-34-12-18(13)21(32)30-22(25-9-15-5-7-16(24)8-6-15)26-19(27-30)17-10-29(20(31)14(17)2)23(33)28(3)4/h5-8,11-12,14,17H,9-10H2,1-4H3,(H,25,26,27). The Morgan fingerprint density at radius 2 is 1.94 bits per heavy atom. The summed E-state index contributed by atoms with van der Waals surface area (Å²) < 4.78 is 19.5.